The minimum absolute atomic E-state index is 0.0145. The molecule has 3 rings (SSSR count). The lowest BCUT2D eigenvalue weighted by molar-refractivity contribution is -0.125. The smallest absolute Gasteiger partial charge is 0.244 e. The third-order valence-corrected chi connectivity index (χ3v) is 6.62. The zero-order chi connectivity index (χ0) is 24.6. The highest BCUT2D eigenvalue weighted by atomic mass is 32.2. The number of hydrogen-bond donors (Lipinski definition) is 3. The Kier molecular flexibility index (Phi) is 8.50. The first-order valence-electron chi connectivity index (χ1n) is 10.8. The van der Waals surface area contributed by atoms with E-state index in [1.165, 1.54) is 12.1 Å². The van der Waals surface area contributed by atoms with E-state index in [0.717, 1.165) is 24.1 Å². The molecule has 3 N–H and O–H groups in total. The number of hydrogen-bond acceptors (Lipinski definition) is 4. The number of carbonyl (C=O) groups excluding carboxylic acids is 2. The fraction of sp³-hybridized carbons (Fsp3) is 0.200. The van der Waals surface area contributed by atoms with E-state index in [0.29, 0.717) is 11.3 Å². The molecule has 3 aromatic carbocycles. The first-order valence-corrected chi connectivity index (χ1v) is 12.2. The first kappa shape index (κ1) is 25.1. The van der Waals surface area contributed by atoms with E-state index in [4.69, 9.17) is 0 Å². The van der Waals surface area contributed by atoms with E-state index in [-0.39, 0.29) is 13.0 Å². The van der Waals surface area contributed by atoms with E-state index >= 15 is 0 Å². The molecule has 3 aromatic rings. The molecule has 0 spiro atoms. The van der Waals surface area contributed by atoms with E-state index < -0.39 is 38.6 Å². The van der Waals surface area contributed by atoms with Crippen LogP contribution in [0.15, 0.2) is 83.8 Å². The fourth-order valence-corrected chi connectivity index (χ4v) is 4.66. The molecule has 1 unspecified atom stereocenters. The normalized spacial score (nSPS) is 12.1. The number of para-hydroxylation sites is 1. The Morgan fingerprint density at radius 1 is 0.912 bits per heavy atom. The molecule has 0 aliphatic carbocycles. The van der Waals surface area contributed by atoms with E-state index in [1.807, 2.05) is 19.1 Å². The van der Waals surface area contributed by atoms with Gasteiger partial charge in [0.25, 0.3) is 0 Å². The highest BCUT2D eigenvalue weighted by Crippen LogP contribution is 2.16. The Balaban J connectivity index is 1.73. The quantitative estimate of drug-likeness (QED) is 0.412. The molecule has 0 aliphatic rings. The minimum Gasteiger partial charge on any atom is -0.346 e. The van der Waals surface area contributed by atoms with E-state index in [1.54, 1.807) is 42.5 Å². The molecular weight excluding hydrogens is 457 g/mol. The van der Waals surface area contributed by atoms with Crippen molar-refractivity contribution in [3.8, 4) is 0 Å². The van der Waals surface area contributed by atoms with Crippen molar-refractivity contribution in [2.75, 3.05) is 11.9 Å². The monoisotopic (exact) mass is 483 g/mol. The van der Waals surface area contributed by atoms with Crippen LogP contribution in [0.4, 0.5) is 10.1 Å². The van der Waals surface area contributed by atoms with Crippen LogP contribution in [0.25, 0.3) is 0 Å². The molecule has 7 nitrogen and oxygen atoms in total. The number of sulfonamides is 1. The molecule has 0 heterocycles. The highest BCUT2D eigenvalue weighted by molar-refractivity contribution is 7.89. The molecule has 0 aromatic heterocycles. The Morgan fingerprint density at radius 3 is 2.26 bits per heavy atom. The predicted molar refractivity (Wildman–Crippen MR) is 128 cm³/mol. The van der Waals surface area contributed by atoms with Crippen molar-refractivity contribution in [3.05, 3.63) is 95.8 Å². The van der Waals surface area contributed by atoms with Gasteiger partial charge in [0.1, 0.15) is 16.8 Å². The summed E-state index contributed by atoms with van der Waals surface area (Å²) < 4.78 is 42.0. The van der Waals surface area contributed by atoms with Crippen molar-refractivity contribution >= 4 is 27.5 Å². The van der Waals surface area contributed by atoms with Gasteiger partial charge in [-0.15, -0.1) is 0 Å². The van der Waals surface area contributed by atoms with Gasteiger partial charge in [-0.05, 0) is 42.2 Å². The summed E-state index contributed by atoms with van der Waals surface area (Å²) >= 11 is 0. The Labute approximate surface area is 198 Å². The summed E-state index contributed by atoms with van der Waals surface area (Å²) in [7, 11) is -4.34. The maximum absolute atomic E-state index is 14.1. The van der Waals surface area contributed by atoms with Gasteiger partial charge in [-0.1, -0.05) is 67.6 Å². The zero-order valence-corrected chi connectivity index (χ0v) is 19.4. The number of rotatable bonds is 10. The Morgan fingerprint density at radius 2 is 1.56 bits per heavy atom. The molecule has 178 valence electrons. The van der Waals surface area contributed by atoms with Gasteiger partial charge in [-0.3, -0.25) is 9.59 Å². The van der Waals surface area contributed by atoms with Crippen LogP contribution < -0.4 is 15.4 Å². The Bertz CT molecular complexity index is 1250. The molecule has 9 heteroatoms. The lowest BCUT2D eigenvalue weighted by atomic mass is 10.1. The van der Waals surface area contributed by atoms with Crippen LogP contribution >= 0.6 is 0 Å². The summed E-state index contributed by atoms with van der Waals surface area (Å²) in [6.07, 6.45) is 0.737. The van der Waals surface area contributed by atoms with Crippen molar-refractivity contribution < 1.29 is 22.4 Å². The molecule has 0 bridgehead atoms. The molecule has 2 amide bonds. The number of nitrogens with one attached hydrogen (secondary N) is 3. The third-order valence-electron chi connectivity index (χ3n) is 5.12. The Hall–Kier alpha value is -3.56. The summed E-state index contributed by atoms with van der Waals surface area (Å²) in [6, 6.07) is 19.8. The number of benzene rings is 3. The summed E-state index contributed by atoms with van der Waals surface area (Å²) in [5, 5.41) is 5.22. The maximum atomic E-state index is 14.1. The molecule has 1 atom stereocenters. The van der Waals surface area contributed by atoms with Crippen LogP contribution in [-0.2, 0) is 32.5 Å². The van der Waals surface area contributed by atoms with Crippen molar-refractivity contribution in [2.45, 2.75) is 30.7 Å². The second-order valence-corrected chi connectivity index (χ2v) is 9.25. The first-order chi connectivity index (χ1) is 16.3. The second-order valence-electron chi connectivity index (χ2n) is 7.57. The molecule has 0 saturated carbocycles. The maximum Gasteiger partial charge on any atom is 0.244 e. The van der Waals surface area contributed by atoms with Crippen molar-refractivity contribution in [1.82, 2.24) is 10.0 Å². The molecule has 34 heavy (non-hydrogen) atoms. The van der Waals surface area contributed by atoms with Gasteiger partial charge in [0.2, 0.25) is 21.8 Å². The predicted octanol–water partition coefficient (Wildman–Crippen LogP) is 3.03. The van der Waals surface area contributed by atoms with Gasteiger partial charge in [-0.2, -0.15) is 4.72 Å². The van der Waals surface area contributed by atoms with Crippen molar-refractivity contribution in [2.24, 2.45) is 0 Å². The van der Waals surface area contributed by atoms with Crippen LogP contribution in [-0.4, -0.2) is 32.8 Å². The number of halogens is 1. The van der Waals surface area contributed by atoms with Gasteiger partial charge in [0.05, 0.1) is 6.54 Å². The van der Waals surface area contributed by atoms with Gasteiger partial charge < -0.3 is 10.6 Å². The van der Waals surface area contributed by atoms with Crippen LogP contribution in [0.3, 0.4) is 0 Å². The number of aryl methyl sites for hydroxylation is 1. The fourth-order valence-electron chi connectivity index (χ4n) is 3.39. The zero-order valence-electron chi connectivity index (χ0n) is 18.6. The van der Waals surface area contributed by atoms with E-state index in [9.17, 15) is 22.4 Å². The summed E-state index contributed by atoms with van der Waals surface area (Å²) in [6.45, 7) is 1.60. The van der Waals surface area contributed by atoms with Crippen LogP contribution in [0.1, 0.15) is 18.1 Å². The van der Waals surface area contributed by atoms with Crippen LogP contribution in [0, 0.1) is 5.82 Å². The van der Waals surface area contributed by atoms with Gasteiger partial charge >= 0.3 is 0 Å². The highest BCUT2D eigenvalue weighted by Gasteiger charge is 2.28. The van der Waals surface area contributed by atoms with E-state index in [2.05, 4.69) is 15.4 Å². The van der Waals surface area contributed by atoms with Crippen LogP contribution in [0.5, 0.6) is 0 Å². The molecular formula is C25H26FN3O4S. The van der Waals surface area contributed by atoms with Crippen molar-refractivity contribution in [3.63, 3.8) is 0 Å². The topological polar surface area (TPSA) is 104 Å². The lowest BCUT2D eigenvalue weighted by Gasteiger charge is -2.19. The lowest BCUT2D eigenvalue weighted by Crippen LogP contribution is -2.49. The number of amides is 2. The number of carbonyl (C=O) groups is 2. The molecule has 0 aliphatic heterocycles. The molecule has 0 radical (unpaired) electrons. The average molecular weight is 484 g/mol. The summed E-state index contributed by atoms with van der Waals surface area (Å²) in [5.41, 5.74) is 2.28. The van der Waals surface area contributed by atoms with Crippen LogP contribution in [0.2, 0.25) is 0 Å². The summed E-state index contributed by atoms with van der Waals surface area (Å²) in [5.74, 6) is -2.09. The average Bonchev–Trinajstić information content (AvgIpc) is 2.83. The van der Waals surface area contributed by atoms with Gasteiger partial charge in [0.15, 0.2) is 0 Å². The second kappa shape index (κ2) is 11.5. The SMILES string of the molecule is CCc1ccccc1NC(=O)CNC(=O)C(Cc1ccccc1)NS(=O)(=O)c1ccccc1F. The third kappa shape index (κ3) is 6.72. The molecule has 0 saturated heterocycles. The number of anilines is 1. The van der Waals surface area contributed by atoms with Crippen molar-refractivity contribution in [1.29, 1.82) is 0 Å². The molecule has 0 fully saturated rings. The largest absolute Gasteiger partial charge is 0.346 e. The standard InChI is InChI=1S/C25H26FN3O4S/c1-2-19-12-6-8-14-21(19)28-24(30)17-27-25(31)22(16-18-10-4-3-5-11-18)29-34(32,33)23-15-9-7-13-20(23)26/h3-15,22,29H,2,16-17H2,1H3,(H,27,31)(H,28,30). The van der Waals surface area contributed by atoms with Gasteiger partial charge in [-0.25, -0.2) is 12.8 Å². The summed E-state index contributed by atoms with van der Waals surface area (Å²) in [4.78, 5) is 24.8. The van der Waals surface area contributed by atoms with Gasteiger partial charge in [0, 0.05) is 5.69 Å². The minimum atomic E-state index is -4.34.